The van der Waals surface area contributed by atoms with Gasteiger partial charge in [-0.2, -0.15) is 0 Å². The topological polar surface area (TPSA) is 55.8 Å². The minimum atomic E-state index is -0.305. The van der Waals surface area contributed by atoms with Crippen LogP contribution < -0.4 is 15.5 Å². The molecular weight excluding hydrogens is 374 g/mol. The predicted octanol–water partition coefficient (Wildman–Crippen LogP) is 2.37. The van der Waals surface area contributed by atoms with Gasteiger partial charge < -0.3 is 20.4 Å². The molecule has 1 aromatic heterocycles. The van der Waals surface area contributed by atoms with Gasteiger partial charge in [-0.25, -0.2) is 13.8 Å². The molecule has 8 heteroatoms. The Morgan fingerprint density at radius 1 is 1.28 bits per heavy atom. The Morgan fingerprint density at radius 3 is 2.83 bits per heavy atom. The molecule has 1 fully saturated rings. The van der Waals surface area contributed by atoms with Crippen LogP contribution in [0.15, 0.2) is 41.5 Å². The van der Waals surface area contributed by atoms with E-state index in [1.54, 1.807) is 25.4 Å². The normalized spacial score (nSPS) is 17.1. The Labute approximate surface area is 170 Å². The number of hydrogen-bond donors (Lipinski definition) is 2. The van der Waals surface area contributed by atoms with E-state index >= 15 is 0 Å². The summed E-state index contributed by atoms with van der Waals surface area (Å²) < 4.78 is 27.9. The molecule has 0 saturated carbocycles. The Morgan fingerprint density at radius 2 is 2.10 bits per heavy atom. The monoisotopic (exact) mass is 402 g/mol. The van der Waals surface area contributed by atoms with E-state index in [2.05, 4.69) is 20.6 Å². The van der Waals surface area contributed by atoms with E-state index in [0.717, 1.165) is 18.5 Å². The van der Waals surface area contributed by atoms with Crippen molar-refractivity contribution in [2.45, 2.75) is 25.6 Å². The van der Waals surface area contributed by atoms with E-state index in [0.29, 0.717) is 37.0 Å². The molecular formula is C21H28F2N6. The molecule has 156 valence electrons. The number of aromatic nitrogens is 1. The van der Waals surface area contributed by atoms with Crippen LogP contribution in [0.4, 0.5) is 14.6 Å². The minimum absolute atomic E-state index is 0.139. The summed E-state index contributed by atoms with van der Waals surface area (Å²) in [5, 5.41) is 6.65. The van der Waals surface area contributed by atoms with Gasteiger partial charge in [0.2, 0.25) is 0 Å². The van der Waals surface area contributed by atoms with Gasteiger partial charge in [0.25, 0.3) is 0 Å². The molecule has 2 aromatic rings. The van der Waals surface area contributed by atoms with Crippen LogP contribution in [-0.4, -0.2) is 56.1 Å². The maximum Gasteiger partial charge on any atom is 0.191 e. The zero-order valence-electron chi connectivity index (χ0n) is 17.1. The van der Waals surface area contributed by atoms with Crippen LogP contribution in [0.5, 0.6) is 0 Å². The molecule has 0 aliphatic carbocycles. The first-order valence-electron chi connectivity index (χ1n) is 9.71. The maximum atomic E-state index is 14.0. The van der Waals surface area contributed by atoms with E-state index in [4.69, 9.17) is 0 Å². The number of halogens is 2. The second kappa shape index (κ2) is 9.65. The number of rotatable bonds is 6. The standard InChI is InChI=1S/C21H28F2N6/c1-24-21(26-12-15-6-7-18(22)16(11-15)13-28(2)3)27-17-8-10-29(14-17)20-19(23)5-4-9-25-20/h4-7,9,11,17H,8,10,12-14H2,1-3H3,(H2,24,26,27). The summed E-state index contributed by atoms with van der Waals surface area (Å²) in [7, 11) is 5.54. The van der Waals surface area contributed by atoms with Crippen molar-refractivity contribution in [1.82, 2.24) is 20.5 Å². The van der Waals surface area contributed by atoms with Crippen LogP contribution in [0.25, 0.3) is 0 Å². The zero-order valence-corrected chi connectivity index (χ0v) is 17.1. The highest BCUT2D eigenvalue weighted by Gasteiger charge is 2.25. The van der Waals surface area contributed by atoms with Gasteiger partial charge in [-0.05, 0) is 50.3 Å². The van der Waals surface area contributed by atoms with Crippen molar-refractivity contribution in [3.05, 3.63) is 59.3 Å². The number of aliphatic imine (C=N–C) groups is 1. The van der Waals surface area contributed by atoms with E-state index in [-0.39, 0.29) is 17.7 Å². The molecule has 1 atom stereocenters. The minimum Gasteiger partial charge on any atom is -0.352 e. The van der Waals surface area contributed by atoms with Gasteiger partial charge in [0.05, 0.1) is 0 Å². The lowest BCUT2D eigenvalue weighted by atomic mass is 10.1. The SMILES string of the molecule is CN=C(NCc1ccc(F)c(CN(C)C)c1)NC1CCN(c2ncccc2F)C1. The Hall–Kier alpha value is -2.74. The number of nitrogens with zero attached hydrogens (tertiary/aromatic N) is 4. The van der Waals surface area contributed by atoms with Gasteiger partial charge in [0, 0.05) is 51.0 Å². The second-order valence-electron chi connectivity index (χ2n) is 7.47. The maximum absolute atomic E-state index is 14.0. The molecule has 1 aromatic carbocycles. The van der Waals surface area contributed by atoms with Crippen molar-refractivity contribution < 1.29 is 8.78 Å². The second-order valence-corrected chi connectivity index (χ2v) is 7.47. The van der Waals surface area contributed by atoms with Crippen molar-refractivity contribution in [2.75, 3.05) is 39.1 Å². The average molecular weight is 402 g/mol. The van der Waals surface area contributed by atoms with Crippen molar-refractivity contribution in [2.24, 2.45) is 4.99 Å². The number of nitrogens with one attached hydrogen (secondary N) is 2. The predicted molar refractivity (Wildman–Crippen MR) is 112 cm³/mol. The largest absolute Gasteiger partial charge is 0.352 e. The van der Waals surface area contributed by atoms with Crippen LogP contribution in [0.1, 0.15) is 17.5 Å². The lowest BCUT2D eigenvalue weighted by Crippen LogP contribution is -2.44. The molecule has 29 heavy (non-hydrogen) atoms. The molecule has 2 N–H and O–H groups in total. The molecule has 1 aliphatic heterocycles. The highest BCUT2D eigenvalue weighted by molar-refractivity contribution is 5.80. The van der Waals surface area contributed by atoms with Gasteiger partial charge in [0.1, 0.15) is 5.82 Å². The molecule has 0 radical (unpaired) electrons. The van der Waals surface area contributed by atoms with Crippen LogP contribution in [0.2, 0.25) is 0 Å². The van der Waals surface area contributed by atoms with E-state index < -0.39 is 0 Å². The molecule has 0 bridgehead atoms. The fourth-order valence-electron chi connectivity index (χ4n) is 3.45. The average Bonchev–Trinajstić information content (AvgIpc) is 3.15. The van der Waals surface area contributed by atoms with Crippen molar-refractivity contribution in [3.63, 3.8) is 0 Å². The smallest absolute Gasteiger partial charge is 0.191 e. The third kappa shape index (κ3) is 5.63. The summed E-state index contributed by atoms with van der Waals surface area (Å²) in [4.78, 5) is 12.3. The van der Waals surface area contributed by atoms with Gasteiger partial charge >= 0.3 is 0 Å². The Bertz CT molecular complexity index is 855. The number of anilines is 1. The van der Waals surface area contributed by atoms with Crippen LogP contribution in [-0.2, 0) is 13.1 Å². The molecule has 3 rings (SSSR count). The number of benzene rings is 1. The first-order chi connectivity index (χ1) is 14.0. The zero-order chi connectivity index (χ0) is 20.8. The third-order valence-electron chi connectivity index (χ3n) is 4.85. The lowest BCUT2D eigenvalue weighted by Gasteiger charge is -2.20. The van der Waals surface area contributed by atoms with Crippen molar-refractivity contribution >= 4 is 11.8 Å². The first kappa shape index (κ1) is 21.0. The summed E-state index contributed by atoms with van der Waals surface area (Å²) in [6.45, 7) is 2.47. The summed E-state index contributed by atoms with van der Waals surface area (Å²) >= 11 is 0. The van der Waals surface area contributed by atoms with Crippen molar-refractivity contribution in [1.29, 1.82) is 0 Å². The highest BCUT2D eigenvalue weighted by atomic mass is 19.1. The van der Waals surface area contributed by atoms with Crippen molar-refractivity contribution in [3.8, 4) is 0 Å². The first-order valence-corrected chi connectivity index (χ1v) is 9.71. The van der Waals surface area contributed by atoms with Gasteiger partial charge in [-0.1, -0.05) is 6.07 Å². The molecule has 1 unspecified atom stereocenters. The fourth-order valence-corrected chi connectivity index (χ4v) is 3.45. The molecule has 6 nitrogen and oxygen atoms in total. The Kier molecular flexibility index (Phi) is 6.98. The Balaban J connectivity index is 1.55. The summed E-state index contributed by atoms with van der Waals surface area (Å²) in [5.41, 5.74) is 1.65. The summed E-state index contributed by atoms with van der Waals surface area (Å²) in [5.74, 6) is 0.551. The van der Waals surface area contributed by atoms with Gasteiger partial charge in [-0.3, -0.25) is 4.99 Å². The van der Waals surface area contributed by atoms with Crippen LogP contribution >= 0.6 is 0 Å². The molecule has 0 amide bonds. The lowest BCUT2D eigenvalue weighted by molar-refractivity contribution is 0.392. The molecule has 0 spiro atoms. The van der Waals surface area contributed by atoms with Crippen LogP contribution in [0.3, 0.4) is 0 Å². The van der Waals surface area contributed by atoms with Gasteiger partial charge in [-0.15, -0.1) is 0 Å². The summed E-state index contributed by atoms with van der Waals surface area (Å²) in [6, 6.07) is 8.31. The molecule has 1 saturated heterocycles. The van der Waals surface area contributed by atoms with Crippen LogP contribution in [0, 0.1) is 11.6 Å². The number of hydrogen-bond acceptors (Lipinski definition) is 4. The fraction of sp³-hybridized carbons (Fsp3) is 0.429. The van der Waals surface area contributed by atoms with Gasteiger partial charge in [0.15, 0.2) is 17.6 Å². The highest BCUT2D eigenvalue weighted by Crippen LogP contribution is 2.20. The number of pyridine rings is 1. The quantitative estimate of drug-likeness (QED) is 0.574. The van der Waals surface area contributed by atoms with E-state index in [9.17, 15) is 8.78 Å². The third-order valence-corrected chi connectivity index (χ3v) is 4.85. The molecule has 1 aliphatic rings. The molecule has 2 heterocycles. The van der Waals surface area contributed by atoms with E-state index in [1.807, 2.05) is 30.0 Å². The number of guanidine groups is 1. The van der Waals surface area contributed by atoms with E-state index in [1.165, 1.54) is 12.1 Å². The summed E-state index contributed by atoms with van der Waals surface area (Å²) in [6.07, 6.45) is 2.47.